The third-order valence-corrected chi connectivity index (χ3v) is 3.63. The standard InChI is InChI=1S/C14H15N5S/c1-5-6-10-13-11(15-19(16-13)7-8(2)3)9(4)12-14(10)18-20-17-12/h8H,7H2,1-4H3. The topological polar surface area (TPSA) is 55.4 Å². The van der Waals surface area contributed by atoms with Crippen molar-refractivity contribution in [1.82, 2.24) is 15.0 Å². The minimum atomic E-state index is 0.495. The van der Waals surface area contributed by atoms with Crippen molar-refractivity contribution in [2.75, 3.05) is 0 Å². The van der Waals surface area contributed by atoms with Crippen molar-refractivity contribution >= 4 is 33.8 Å². The number of nitrogens with zero attached hydrogens (tertiary/aromatic N) is 5. The van der Waals surface area contributed by atoms with Crippen LogP contribution < -0.4 is 0 Å². The van der Waals surface area contributed by atoms with Gasteiger partial charge in [0.15, 0.2) is 0 Å². The van der Waals surface area contributed by atoms with E-state index < -0.39 is 0 Å². The molecular weight excluding hydrogens is 270 g/mol. The van der Waals surface area contributed by atoms with E-state index in [2.05, 4.69) is 44.6 Å². The highest BCUT2D eigenvalue weighted by Crippen LogP contribution is 2.42. The summed E-state index contributed by atoms with van der Waals surface area (Å²) in [6, 6.07) is 0. The van der Waals surface area contributed by atoms with Crippen LogP contribution in [0.5, 0.6) is 0 Å². The van der Waals surface area contributed by atoms with Gasteiger partial charge in [-0.2, -0.15) is 23.7 Å². The van der Waals surface area contributed by atoms with E-state index in [-0.39, 0.29) is 0 Å². The summed E-state index contributed by atoms with van der Waals surface area (Å²) in [4.78, 5) is 1.76. The van der Waals surface area contributed by atoms with Gasteiger partial charge in [-0.15, -0.1) is 5.92 Å². The van der Waals surface area contributed by atoms with E-state index in [9.17, 15) is 0 Å². The zero-order chi connectivity index (χ0) is 14.3. The van der Waals surface area contributed by atoms with Crippen molar-refractivity contribution in [3.8, 4) is 11.8 Å². The molecule has 0 aliphatic carbocycles. The Morgan fingerprint density at radius 1 is 1.15 bits per heavy atom. The Bertz CT molecular complexity index is 829. The fourth-order valence-corrected chi connectivity index (χ4v) is 2.85. The van der Waals surface area contributed by atoms with E-state index in [0.717, 1.165) is 40.1 Å². The van der Waals surface area contributed by atoms with Crippen LogP contribution in [0.2, 0.25) is 0 Å². The molecular formula is C14H15N5S. The maximum Gasteiger partial charge on any atom is 0.131 e. The number of hydrogen-bond acceptors (Lipinski definition) is 4. The molecule has 0 unspecified atom stereocenters. The smallest absolute Gasteiger partial charge is 0.131 e. The average Bonchev–Trinajstić information content (AvgIpc) is 3.00. The van der Waals surface area contributed by atoms with Gasteiger partial charge >= 0.3 is 0 Å². The first-order chi connectivity index (χ1) is 9.61. The first kappa shape index (κ1) is 13.0. The Morgan fingerprint density at radius 2 is 1.85 bits per heavy atom. The molecule has 1 aliphatic heterocycles. The zero-order valence-electron chi connectivity index (χ0n) is 11.9. The molecule has 0 saturated carbocycles. The highest BCUT2D eigenvalue weighted by Gasteiger charge is 2.22. The van der Waals surface area contributed by atoms with Gasteiger partial charge in [0.1, 0.15) is 22.4 Å². The second-order valence-electron chi connectivity index (χ2n) is 5.18. The van der Waals surface area contributed by atoms with Gasteiger partial charge in [-0.25, -0.2) is 0 Å². The van der Waals surface area contributed by atoms with Crippen molar-refractivity contribution in [2.45, 2.75) is 34.2 Å². The number of fused-ring (bicyclic) bond motifs is 2. The van der Waals surface area contributed by atoms with Crippen LogP contribution in [-0.4, -0.2) is 15.0 Å². The number of aromatic nitrogens is 3. The van der Waals surface area contributed by atoms with Crippen molar-refractivity contribution in [1.29, 1.82) is 0 Å². The molecule has 2 heterocycles. The Morgan fingerprint density at radius 3 is 2.55 bits per heavy atom. The number of benzene rings is 1. The molecule has 1 aromatic heterocycles. The minimum Gasteiger partial charge on any atom is -0.183 e. The number of hydrogen-bond donors (Lipinski definition) is 0. The summed E-state index contributed by atoms with van der Waals surface area (Å²) in [6.45, 7) is 8.92. The second kappa shape index (κ2) is 4.84. The van der Waals surface area contributed by atoms with Crippen LogP contribution in [0.15, 0.2) is 8.73 Å². The predicted molar refractivity (Wildman–Crippen MR) is 81.2 cm³/mol. The fraction of sp³-hybridized carbons (Fsp3) is 0.429. The second-order valence-corrected chi connectivity index (χ2v) is 5.71. The third kappa shape index (κ3) is 1.95. The van der Waals surface area contributed by atoms with Crippen LogP contribution in [0.1, 0.15) is 31.9 Å². The molecule has 0 bridgehead atoms. The number of aryl methyl sites for hydroxylation is 1. The quantitative estimate of drug-likeness (QED) is 0.677. The molecule has 1 aliphatic rings. The SMILES string of the molecule is CC#Cc1c2c(c(C)c3nn(CC(C)C)nc13)N=S=N2. The monoisotopic (exact) mass is 285 g/mol. The maximum atomic E-state index is 4.60. The summed E-state index contributed by atoms with van der Waals surface area (Å²) in [5.41, 5.74) is 5.30. The van der Waals surface area contributed by atoms with E-state index in [1.165, 1.54) is 11.4 Å². The van der Waals surface area contributed by atoms with Crippen LogP contribution in [0, 0.1) is 24.7 Å². The van der Waals surface area contributed by atoms with E-state index in [4.69, 9.17) is 0 Å². The summed E-state index contributed by atoms with van der Waals surface area (Å²) in [7, 11) is 0. The number of rotatable bonds is 2. The lowest BCUT2D eigenvalue weighted by Crippen LogP contribution is -2.07. The lowest BCUT2D eigenvalue weighted by Gasteiger charge is -2.02. The molecule has 3 rings (SSSR count). The van der Waals surface area contributed by atoms with Crippen molar-refractivity contribution in [2.24, 2.45) is 14.6 Å². The Balaban J connectivity index is 2.32. The highest BCUT2D eigenvalue weighted by molar-refractivity contribution is 7.58. The van der Waals surface area contributed by atoms with Gasteiger partial charge < -0.3 is 0 Å². The maximum absolute atomic E-state index is 4.60. The fourth-order valence-electron chi connectivity index (χ4n) is 2.24. The molecule has 0 fully saturated rings. The van der Waals surface area contributed by atoms with Crippen LogP contribution in [-0.2, 0) is 17.9 Å². The molecule has 20 heavy (non-hydrogen) atoms. The minimum absolute atomic E-state index is 0.495. The molecule has 1 aromatic carbocycles. The Hall–Kier alpha value is -2.00. The third-order valence-electron chi connectivity index (χ3n) is 3.11. The first-order valence-electron chi connectivity index (χ1n) is 6.54. The van der Waals surface area contributed by atoms with Crippen molar-refractivity contribution < 1.29 is 0 Å². The molecule has 0 saturated heterocycles. The van der Waals surface area contributed by atoms with Gasteiger partial charge in [0.25, 0.3) is 0 Å². The summed E-state index contributed by atoms with van der Waals surface area (Å²) in [6.07, 6.45) is 0. The zero-order valence-corrected chi connectivity index (χ0v) is 12.7. The van der Waals surface area contributed by atoms with Gasteiger partial charge in [0, 0.05) is 5.56 Å². The van der Waals surface area contributed by atoms with E-state index in [0.29, 0.717) is 5.92 Å². The van der Waals surface area contributed by atoms with Crippen LogP contribution in [0.25, 0.3) is 11.0 Å². The average molecular weight is 285 g/mol. The van der Waals surface area contributed by atoms with Crippen LogP contribution in [0.3, 0.4) is 0 Å². The predicted octanol–water partition coefficient (Wildman–Crippen LogP) is 3.49. The summed E-state index contributed by atoms with van der Waals surface area (Å²) in [5, 5.41) is 9.20. The molecule has 0 spiro atoms. The highest BCUT2D eigenvalue weighted by atomic mass is 32.1. The molecule has 0 N–H and O–H groups in total. The molecule has 0 radical (unpaired) electrons. The van der Waals surface area contributed by atoms with Crippen LogP contribution in [0.4, 0.5) is 11.4 Å². The van der Waals surface area contributed by atoms with E-state index in [1.54, 1.807) is 4.80 Å². The van der Waals surface area contributed by atoms with Gasteiger partial charge in [-0.3, -0.25) is 0 Å². The van der Waals surface area contributed by atoms with E-state index in [1.807, 2.05) is 13.8 Å². The normalized spacial score (nSPS) is 12.4. The molecule has 6 heteroatoms. The molecule has 5 nitrogen and oxygen atoms in total. The molecule has 2 aromatic rings. The lowest BCUT2D eigenvalue weighted by molar-refractivity contribution is 0.442. The largest absolute Gasteiger partial charge is 0.183 e. The molecule has 102 valence electrons. The first-order valence-corrected chi connectivity index (χ1v) is 7.27. The van der Waals surface area contributed by atoms with Crippen LogP contribution >= 0.6 is 0 Å². The van der Waals surface area contributed by atoms with Gasteiger partial charge in [-0.1, -0.05) is 19.8 Å². The van der Waals surface area contributed by atoms with Crippen molar-refractivity contribution in [3.05, 3.63) is 11.1 Å². The van der Waals surface area contributed by atoms with Gasteiger partial charge in [0.05, 0.1) is 23.5 Å². The summed E-state index contributed by atoms with van der Waals surface area (Å²) >= 11 is 1.21. The van der Waals surface area contributed by atoms with Gasteiger partial charge in [-0.05, 0) is 19.8 Å². The van der Waals surface area contributed by atoms with Crippen molar-refractivity contribution in [3.63, 3.8) is 0 Å². The lowest BCUT2D eigenvalue weighted by atomic mass is 10.0. The molecule has 0 atom stereocenters. The van der Waals surface area contributed by atoms with Gasteiger partial charge in [0.2, 0.25) is 0 Å². The summed E-state index contributed by atoms with van der Waals surface area (Å²) in [5.74, 6) is 6.54. The van der Waals surface area contributed by atoms with E-state index >= 15 is 0 Å². The Kier molecular flexibility index (Phi) is 3.14. The molecule has 0 amide bonds. The Labute approximate surface area is 121 Å². The summed E-state index contributed by atoms with van der Waals surface area (Å²) < 4.78 is 8.74.